The molecule has 0 heterocycles. The van der Waals surface area contributed by atoms with Crippen LogP contribution < -0.4 is 14.4 Å². The molecule has 8 nitrogen and oxygen atoms in total. The number of amides is 2. The summed E-state index contributed by atoms with van der Waals surface area (Å²) in [7, 11) is -2.84. The van der Waals surface area contributed by atoms with E-state index in [4.69, 9.17) is 16.3 Å². The molecule has 1 N–H and O–H groups in total. The zero-order chi connectivity index (χ0) is 30.3. The molecule has 3 aromatic rings. The quantitative estimate of drug-likeness (QED) is 0.297. The van der Waals surface area contributed by atoms with Crippen LogP contribution in [0.5, 0.6) is 5.75 Å². The Morgan fingerprint density at radius 3 is 2.24 bits per heavy atom. The number of anilines is 1. The standard InChI is InChI=1S/C31H38ClN3O5S/c1-7-27(31(37)33-21(2)3)34(19-24-11-9-8-10-23(24)5)30(36)20-35(28-18-25(32)14-17-29(28)40-6)41(38,39)26-15-12-22(4)13-16-26/h8-18,21,27H,7,19-20H2,1-6H3,(H,33,37). The van der Waals surface area contributed by atoms with E-state index in [0.717, 1.165) is 21.0 Å². The molecule has 0 radical (unpaired) electrons. The summed E-state index contributed by atoms with van der Waals surface area (Å²) in [6, 6.07) is 17.6. The van der Waals surface area contributed by atoms with E-state index < -0.39 is 28.5 Å². The van der Waals surface area contributed by atoms with Crippen LogP contribution in [0.3, 0.4) is 0 Å². The fourth-order valence-corrected chi connectivity index (χ4v) is 6.06. The van der Waals surface area contributed by atoms with E-state index in [2.05, 4.69) is 5.32 Å². The van der Waals surface area contributed by atoms with Gasteiger partial charge in [0.1, 0.15) is 18.3 Å². The highest BCUT2D eigenvalue weighted by Gasteiger charge is 2.35. The van der Waals surface area contributed by atoms with Gasteiger partial charge < -0.3 is 15.0 Å². The van der Waals surface area contributed by atoms with Crippen LogP contribution in [0.25, 0.3) is 0 Å². The van der Waals surface area contributed by atoms with Crippen molar-refractivity contribution in [3.05, 3.63) is 88.4 Å². The summed E-state index contributed by atoms with van der Waals surface area (Å²) >= 11 is 6.30. The maximum absolute atomic E-state index is 14.2. The van der Waals surface area contributed by atoms with Gasteiger partial charge in [-0.1, -0.05) is 60.5 Å². The molecule has 0 saturated carbocycles. The third-order valence-corrected chi connectivity index (χ3v) is 8.73. The van der Waals surface area contributed by atoms with Crippen molar-refractivity contribution in [3.8, 4) is 5.75 Å². The molecule has 0 aliphatic rings. The Morgan fingerprint density at radius 2 is 1.66 bits per heavy atom. The lowest BCUT2D eigenvalue weighted by Crippen LogP contribution is -2.53. The van der Waals surface area contributed by atoms with E-state index in [1.165, 1.54) is 30.2 Å². The van der Waals surface area contributed by atoms with E-state index in [1.807, 2.05) is 58.9 Å². The van der Waals surface area contributed by atoms with Crippen molar-refractivity contribution in [2.45, 2.75) is 64.6 Å². The van der Waals surface area contributed by atoms with Gasteiger partial charge in [0.05, 0.1) is 17.7 Å². The van der Waals surface area contributed by atoms with E-state index in [9.17, 15) is 18.0 Å². The molecule has 0 fully saturated rings. The van der Waals surface area contributed by atoms with Crippen molar-refractivity contribution in [1.82, 2.24) is 10.2 Å². The molecular formula is C31H38ClN3O5S. The molecule has 1 atom stereocenters. The predicted octanol–water partition coefficient (Wildman–Crippen LogP) is 5.49. The SMILES string of the molecule is CCC(C(=O)NC(C)C)N(Cc1ccccc1C)C(=O)CN(c1cc(Cl)ccc1OC)S(=O)(=O)c1ccc(C)cc1. The first kappa shape index (κ1) is 32.0. The van der Waals surface area contributed by atoms with Crippen LogP contribution in [-0.4, -0.2) is 50.9 Å². The first-order valence-electron chi connectivity index (χ1n) is 13.5. The molecule has 0 saturated heterocycles. The molecular weight excluding hydrogens is 562 g/mol. The summed E-state index contributed by atoms with van der Waals surface area (Å²) in [5, 5.41) is 3.17. The third-order valence-electron chi connectivity index (χ3n) is 6.72. The maximum Gasteiger partial charge on any atom is 0.264 e. The molecule has 0 aromatic heterocycles. The number of benzene rings is 3. The Hall–Kier alpha value is -3.56. The van der Waals surface area contributed by atoms with E-state index in [-0.39, 0.29) is 39.8 Å². The minimum atomic E-state index is -4.25. The lowest BCUT2D eigenvalue weighted by molar-refractivity contribution is -0.140. The smallest absolute Gasteiger partial charge is 0.264 e. The monoisotopic (exact) mass is 599 g/mol. The van der Waals surface area contributed by atoms with E-state index in [0.29, 0.717) is 6.42 Å². The number of nitrogens with zero attached hydrogens (tertiary/aromatic N) is 2. The number of halogens is 1. The fourth-order valence-electron chi connectivity index (χ4n) is 4.48. The lowest BCUT2D eigenvalue weighted by Gasteiger charge is -2.34. The number of carbonyl (C=O) groups is 2. The molecule has 220 valence electrons. The minimum absolute atomic E-state index is 0.00738. The predicted molar refractivity (Wildman–Crippen MR) is 163 cm³/mol. The Morgan fingerprint density at radius 1 is 1.00 bits per heavy atom. The number of hydrogen-bond donors (Lipinski definition) is 1. The second-order valence-corrected chi connectivity index (χ2v) is 12.5. The highest BCUT2D eigenvalue weighted by atomic mass is 35.5. The van der Waals surface area contributed by atoms with Gasteiger partial charge in [-0.2, -0.15) is 0 Å². The van der Waals surface area contributed by atoms with Gasteiger partial charge in [0, 0.05) is 17.6 Å². The van der Waals surface area contributed by atoms with Gasteiger partial charge in [-0.05, 0) is 75.6 Å². The van der Waals surface area contributed by atoms with Crippen LogP contribution in [0.4, 0.5) is 5.69 Å². The Kier molecular flexibility index (Phi) is 10.8. The van der Waals surface area contributed by atoms with E-state index in [1.54, 1.807) is 24.3 Å². The maximum atomic E-state index is 14.2. The molecule has 1 unspecified atom stereocenters. The second kappa shape index (κ2) is 13.9. The first-order chi connectivity index (χ1) is 19.4. The highest BCUT2D eigenvalue weighted by Crippen LogP contribution is 2.35. The molecule has 0 aliphatic heterocycles. The fraction of sp³-hybridized carbons (Fsp3) is 0.355. The van der Waals surface area contributed by atoms with Crippen molar-refractivity contribution < 1.29 is 22.7 Å². The highest BCUT2D eigenvalue weighted by molar-refractivity contribution is 7.92. The summed E-state index contributed by atoms with van der Waals surface area (Å²) in [6.45, 7) is 8.85. The molecule has 41 heavy (non-hydrogen) atoms. The Bertz CT molecular complexity index is 1480. The minimum Gasteiger partial charge on any atom is -0.495 e. The number of aryl methyl sites for hydroxylation is 2. The molecule has 0 aliphatic carbocycles. The van der Waals surface area contributed by atoms with Crippen molar-refractivity contribution in [3.63, 3.8) is 0 Å². The van der Waals surface area contributed by atoms with Crippen LogP contribution >= 0.6 is 11.6 Å². The molecule has 0 spiro atoms. The number of methoxy groups -OCH3 is 1. The summed E-state index contributed by atoms with van der Waals surface area (Å²) in [5.41, 5.74) is 2.80. The van der Waals surface area contributed by atoms with Gasteiger partial charge >= 0.3 is 0 Å². The van der Waals surface area contributed by atoms with Crippen LogP contribution in [0, 0.1) is 13.8 Å². The van der Waals surface area contributed by atoms with Gasteiger partial charge in [-0.25, -0.2) is 8.42 Å². The largest absolute Gasteiger partial charge is 0.495 e. The van der Waals surface area contributed by atoms with Gasteiger partial charge in [-0.3, -0.25) is 13.9 Å². The van der Waals surface area contributed by atoms with Crippen molar-refractivity contribution >= 4 is 39.1 Å². The molecule has 3 rings (SSSR count). The Labute approximate surface area is 248 Å². The van der Waals surface area contributed by atoms with Crippen molar-refractivity contribution in [2.75, 3.05) is 18.0 Å². The molecule has 0 bridgehead atoms. The summed E-state index contributed by atoms with van der Waals surface area (Å²) in [6.07, 6.45) is 0.335. The number of sulfonamides is 1. The molecule has 3 aromatic carbocycles. The van der Waals surface area contributed by atoms with Crippen LogP contribution in [-0.2, 0) is 26.2 Å². The topological polar surface area (TPSA) is 96.0 Å². The van der Waals surface area contributed by atoms with Gasteiger partial charge in [0.15, 0.2) is 0 Å². The van der Waals surface area contributed by atoms with Crippen molar-refractivity contribution in [1.29, 1.82) is 0 Å². The zero-order valence-corrected chi connectivity index (χ0v) is 25.9. The first-order valence-corrected chi connectivity index (χ1v) is 15.3. The average Bonchev–Trinajstić information content (AvgIpc) is 2.92. The van der Waals surface area contributed by atoms with Gasteiger partial charge in [0.25, 0.3) is 10.0 Å². The lowest BCUT2D eigenvalue weighted by atomic mass is 10.1. The molecule has 2 amide bonds. The van der Waals surface area contributed by atoms with Gasteiger partial charge in [-0.15, -0.1) is 0 Å². The second-order valence-electron chi connectivity index (χ2n) is 10.2. The van der Waals surface area contributed by atoms with Gasteiger partial charge in [0.2, 0.25) is 11.8 Å². The number of hydrogen-bond acceptors (Lipinski definition) is 5. The number of carbonyl (C=O) groups excluding carboxylic acids is 2. The normalized spacial score (nSPS) is 12.1. The number of ether oxygens (including phenoxy) is 1. The molecule has 10 heteroatoms. The third kappa shape index (κ3) is 7.80. The Balaban J connectivity index is 2.15. The summed E-state index contributed by atoms with van der Waals surface area (Å²) in [5.74, 6) is -0.623. The average molecular weight is 600 g/mol. The van der Waals surface area contributed by atoms with Crippen LogP contribution in [0.2, 0.25) is 5.02 Å². The van der Waals surface area contributed by atoms with Crippen LogP contribution in [0.15, 0.2) is 71.6 Å². The number of nitrogens with one attached hydrogen (secondary N) is 1. The van der Waals surface area contributed by atoms with Crippen LogP contribution in [0.1, 0.15) is 43.9 Å². The summed E-state index contributed by atoms with van der Waals surface area (Å²) in [4.78, 5) is 29.0. The summed E-state index contributed by atoms with van der Waals surface area (Å²) < 4.78 is 34.7. The van der Waals surface area contributed by atoms with E-state index >= 15 is 0 Å². The number of rotatable bonds is 12. The zero-order valence-electron chi connectivity index (χ0n) is 24.3. The van der Waals surface area contributed by atoms with Crippen molar-refractivity contribution in [2.24, 2.45) is 0 Å².